The first kappa shape index (κ1) is 13.2. The summed E-state index contributed by atoms with van der Waals surface area (Å²) in [5, 5.41) is 12.0. The van der Waals surface area contributed by atoms with Crippen molar-refractivity contribution in [2.24, 2.45) is 11.8 Å². The third-order valence-electron chi connectivity index (χ3n) is 4.31. The number of aliphatic carboxylic acids is 1. The van der Waals surface area contributed by atoms with Crippen molar-refractivity contribution in [1.82, 2.24) is 10.2 Å². The maximum Gasteiger partial charge on any atom is 0.329 e. The van der Waals surface area contributed by atoms with Gasteiger partial charge in [-0.15, -0.1) is 0 Å². The van der Waals surface area contributed by atoms with E-state index in [4.69, 9.17) is 0 Å². The minimum Gasteiger partial charge on any atom is -0.480 e. The van der Waals surface area contributed by atoms with Crippen LogP contribution in [0.5, 0.6) is 0 Å². The summed E-state index contributed by atoms with van der Waals surface area (Å²) < 4.78 is 0. The highest BCUT2D eigenvalue weighted by atomic mass is 16.4. The predicted molar refractivity (Wildman–Crippen MR) is 67.3 cm³/mol. The smallest absolute Gasteiger partial charge is 0.329 e. The maximum absolute atomic E-state index is 12.0. The fourth-order valence-corrected chi connectivity index (χ4v) is 2.45. The number of nitrogens with zero attached hydrogens (tertiary/aromatic N) is 1. The van der Waals surface area contributed by atoms with Gasteiger partial charge in [0.05, 0.1) is 0 Å². The summed E-state index contributed by atoms with van der Waals surface area (Å²) in [6.45, 7) is 2.34. The van der Waals surface area contributed by atoms with Crippen LogP contribution in [-0.4, -0.2) is 41.1 Å². The molecule has 0 aromatic heterocycles. The molecule has 5 heteroatoms. The molecule has 0 bridgehead atoms. The van der Waals surface area contributed by atoms with Crippen molar-refractivity contribution in [2.45, 2.75) is 44.6 Å². The number of carboxylic acid groups (broad SMARTS) is 1. The van der Waals surface area contributed by atoms with Crippen LogP contribution in [0.2, 0.25) is 0 Å². The van der Waals surface area contributed by atoms with Crippen LogP contribution in [0.1, 0.15) is 39.0 Å². The van der Waals surface area contributed by atoms with Gasteiger partial charge in [0.2, 0.25) is 0 Å². The number of hydrogen-bond donors (Lipinski definition) is 2. The van der Waals surface area contributed by atoms with Gasteiger partial charge in [-0.05, 0) is 44.4 Å². The Labute approximate surface area is 108 Å². The fourth-order valence-electron chi connectivity index (χ4n) is 2.45. The van der Waals surface area contributed by atoms with Crippen LogP contribution in [0.25, 0.3) is 0 Å². The molecule has 0 aliphatic heterocycles. The molecule has 2 aliphatic carbocycles. The summed E-state index contributed by atoms with van der Waals surface area (Å²) in [5.41, 5.74) is -1.11. The van der Waals surface area contributed by atoms with E-state index in [2.05, 4.69) is 5.32 Å². The molecule has 0 radical (unpaired) electrons. The summed E-state index contributed by atoms with van der Waals surface area (Å²) in [6, 6.07) is -0.265. The molecule has 2 saturated carbocycles. The Balaban J connectivity index is 1.89. The molecule has 18 heavy (non-hydrogen) atoms. The molecule has 0 aromatic rings. The topological polar surface area (TPSA) is 69.6 Å². The first-order valence-electron chi connectivity index (χ1n) is 6.70. The monoisotopic (exact) mass is 254 g/mol. The van der Waals surface area contributed by atoms with Crippen molar-refractivity contribution in [3.63, 3.8) is 0 Å². The number of rotatable bonds is 5. The zero-order valence-corrected chi connectivity index (χ0v) is 11.1. The second-order valence-electron chi connectivity index (χ2n) is 5.89. The Hall–Kier alpha value is -1.26. The lowest BCUT2D eigenvalue weighted by atomic mass is 9.85. The summed E-state index contributed by atoms with van der Waals surface area (Å²) in [5.74, 6) is -0.260. The average molecular weight is 254 g/mol. The highest BCUT2D eigenvalue weighted by molar-refractivity contribution is 5.86. The number of urea groups is 1. The van der Waals surface area contributed by atoms with Crippen molar-refractivity contribution in [3.8, 4) is 0 Å². The summed E-state index contributed by atoms with van der Waals surface area (Å²) in [6.07, 6.45) is 5.37. The van der Waals surface area contributed by atoms with Crippen molar-refractivity contribution in [3.05, 3.63) is 0 Å². The fraction of sp³-hybridized carbons (Fsp3) is 0.846. The van der Waals surface area contributed by atoms with Crippen molar-refractivity contribution in [1.29, 1.82) is 0 Å². The second kappa shape index (κ2) is 4.78. The third kappa shape index (κ3) is 2.60. The van der Waals surface area contributed by atoms with Crippen LogP contribution < -0.4 is 5.32 Å². The zero-order chi connectivity index (χ0) is 13.3. The van der Waals surface area contributed by atoms with Gasteiger partial charge in [0.25, 0.3) is 0 Å². The summed E-state index contributed by atoms with van der Waals surface area (Å²) in [7, 11) is 1.74. The molecule has 102 valence electrons. The average Bonchev–Trinajstić information content (AvgIpc) is 3.06. The van der Waals surface area contributed by atoms with Crippen LogP contribution in [0.15, 0.2) is 0 Å². The SMILES string of the molecule is CN(CC1CCC1)C(=O)NC(C)(C(=O)O)C1CC1. The molecule has 5 nitrogen and oxygen atoms in total. The molecule has 0 saturated heterocycles. The van der Waals surface area contributed by atoms with E-state index < -0.39 is 11.5 Å². The van der Waals surface area contributed by atoms with Crippen LogP contribution >= 0.6 is 0 Å². The number of carbonyl (C=O) groups excluding carboxylic acids is 1. The predicted octanol–water partition coefficient (Wildman–Crippen LogP) is 1.68. The lowest BCUT2D eigenvalue weighted by Crippen LogP contribution is -2.57. The second-order valence-corrected chi connectivity index (χ2v) is 5.89. The molecular weight excluding hydrogens is 232 g/mol. The number of carboxylic acids is 1. The highest BCUT2D eigenvalue weighted by Gasteiger charge is 2.49. The molecule has 2 fully saturated rings. The van der Waals surface area contributed by atoms with E-state index in [1.807, 2.05) is 0 Å². The standard InChI is InChI=1S/C13H22N2O3/c1-13(11(16)17,10-6-7-10)14-12(18)15(2)8-9-4-3-5-9/h9-10H,3-8H2,1-2H3,(H,14,18)(H,16,17). The van der Waals surface area contributed by atoms with Crippen LogP contribution in [0.3, 0.4) is 0 Å². The van der Waals surface area contributed by atoms with Gasteiger partial charge in [-0.1, -0.05) is 6.42 Å². The number of carbonyl (C=O) groups is 2. The van der Waals surface area contributed by atoms with E-state index in [-0.39, 0.29) is 11.9 Å². The molecule has 2 amide bonds. The maximum atomic E-state index is 12.0. The minimum atomic E-state index is -1.11. The van der Waals surface area contributed by atoms with Crippen LogP contribution in [0, 0.1) is 11.8 Å². The van der Waals surface area contributed by atoms with Crippen molar-refractivity contribution < 1.29 is 14.7 Å². The third-order valence-corrected chi connectivity index (χ3v) is 4.31. The van der Waals surface area contributed by atoms with E-state index in [0.29, 0.717) is 5.92 Å². The van der Waals surface area contributed by atoms with E-state index in [9.17, 15) is 14.7 Å². The Morgan fingerprint density at radius 1 is 1.33 bits per heavy atom. The first-order chi connectivity index (χ1) is 8.43. The van der Waals surface area contributed by atoms with Crippen LogP contribution in [-0.2, 0) is 4.79 Å². The first-order valence-corrected chi connectivity index (χ1v) is 6.70. The van der Waals surface area contributed by atoms with Gasteiger partial charge in [0.1, 0.15) is 5.54 Å². The Bertz CT molecular complexity index is 350. The molecule has 0 heterocycles. The van der Waals surface area contributed by atoms with Gasteiger partial charge in [-0.3, -0.25) is 0 Å². The molecule has 2 rings (SSSR count). The van der Waals surface area contributed by atoms with E-state index >= 15 is 0 Å². The molecular formula is C13H22N2O3. The van der Waals surface area contributed by atoms with Gasteiger partial charge >= 0.3 is 12.0 Å². The van der Waals surface area contributed by atoms with Gasteiger partial charge in [-0.2, -0.15) is 0 Å². The number of nitrogens with one attached hydrogen (secondary N) is 1. The molecule has 1 unspecified atom stereocenters. The Morgan fingerprint density at radius 3 is 2.33 bits per heavy atom. The normalized spacial score (nSPS) is 22.8. The zero-order valence-electron chi connectivity index (χ0n) is 11.1. The van der Waals surface area contributed by atoms with E-state index in [0.717, 1.165) is 19.4 Å². The summed E-state index contributed by atoms with van der Waals surface area (Å²) >= 11 is 0. The molecule has 2 aliphatic rings. The van der Waals surface area contributed by atoms with Crippen LogP contribution in [0.4, 0.5) is 4.79 Å². The Kier molecular flexibility index (Phi) is 3.50. The highest BCUT2D eigenvalue weighted by Crippen LogP contribution is 2.39. The lowest BCUT2D eigenvalue weighted by Gasteiger charge is -2.33. The molecule has 0 aromatic carbocycles. The molecule has 0 spiro atoms. The lowest BCUT2D eigenvalue weighted by molar-refractivity contribution is -0.144. The summed E-state index contributed by atoms with van der Waals surface area (Å²) in [4.78, 5) is 25.0. The molecule has 1 atom stereocenters. The van der Waals surface area contributed by atoms with E-state index in [1.54, 1.807) is 18.9 Å². The minimum absolute atomic E-state index is 0.0797. The molecule has 2 N–H and O–H groups in total. The van der Waals surface area contributed by atoms with Gasteiger partial charge in [0, 0.05) is 13.6 Å². The Morgan fingerprint density at radius 2 is 1.94 bits per heavy atom. The van der Waals surface area contributed by atoms with Crippen molar-refractivity contribution >= 4 is 12.0 Å². The number of hydrogen-bond acceptors (Lipinski definition) is 2. The van der Waals surface area contributed by atoms with Crippen molar-refractivity contribution in [2.75, 3.05) is 13.6 Å². The number of amides is 2. The van der Waals surface area contributed by atoms with Gasteiger partial charge in [-0.25, -0.2) is 9.59 Å². The van der Waals surface area contributed by atoms with Gasteiger partial charge < -0.3 is 15.3 Å². The quantitative estimate of drug-likeness (QED) is 0.784. The van der Waals surface area contributed by atoms with Gasteiger partial charge in [0.15, 0.2) is 0 Å². The van der Waals surface area contributed by atoms with E-state index in [1.165, 1.54) is 19.3 Å². The largest absolute Gasteiger partial charge is 0.480 e.